The van der Waals surface area contributed by atoms with Gasteiger partial charge in [-0.2, -0.15) is 0 Å². The lowest BCUT2D eigenvalue weighted by molar-refractivity contribution is -0.299. The van der Waals surface area contributed by atoms with Crippen molar-refractivity contribution in [1.29, 1.82) is 0 Å². The van der Waals surface area contributed by atoms with E-state index >= 15 is 0 Å². The number of hydrogen-bond donors (Lipinski definition) is 0. The Hall–Kier alpha value is -1.14. The van der Waals surface area contributed by atoms with E-state index in [1.165, 1.54) is 12.8 Å². The highest BCUT2D eigenvalue weighted by Crippen LogP contribution is 2.38. The maximum Gasteiger partial charge on any atom is 0.305 e. The molecular weight excluding hydrogens is 396 g/mol. The Balaban J connectivity index is 0.000000695. The minimum atomic E-state index is -0.641. The van der Waals surface area contributed by atoms with E-state index in [0.717, 1.165) is 32.5 Å². The summed E-state index contributed by atoms with van der Waals surface area (Å²) < 4.78 is 21.7. The first-order valence-corrected chi connectivity index (χ1v) is 12.0. The van der Waals surface area contributed by atoms with Crippen LogP contribution in [0, 0.1) is 10.8 Å². The van der Waals surface area contributed by atoms with E-state index in [-0.39, 0.29) is 22.8 Å². The second-order valence-electron chi connectivity index (χ2n) is 9.84. The van der Waals surface area contributed by atoms with E-state index in [0.29, 0.717) is 32.5 Å². The quantitative estimate of drug-likeness (QED) is 0.361. The molecule has 1 aliphatic rings. The molecule has 0 unspecified atom stereocenters. The van der Waals surface area contributed by atoms with Crippen LogP contribution < -0.4 is 0 Å². The van der Waals surface area contributed by atoms with Crippen molar-refractivity contribution >= 4 is 11.9 Å². The lowest BCUT2D eigenvalue weighted by Gasteiger charge is -2.44. The van der Waals surface area contributed by atoms with Crippen LogP contribution in [-0.4, -0.2) is 44.2 Å². The Morgan fingerprint density at radius 3 is 1.81 bits per heavy atom. The topological polar surface area (TPSA) is 71.1 Å². The minimum absolute atomic E-state index is 0.0811. The van der Waals surface area contributed by atoms with Crippen LogP contribution >= 0.6 is 0 Å². The van der Waals surface area contributed by atoms with Crippen LogP contribution in [0.4, 0.5) is 0 Å². The first-order chi connectivity index (χ1) is 14.4. The van der Waals surface area contributed by atoms with Gasteiger partial charge in [-0.15, -0.1) is 0 Å². The molecule has 0 atom stereocenters. The van der Waals surface area contributed by atoms with Gasteiger partial charge in [0.15, 0.2) is 5.79 Å². The monoisotopic (exact) mass is 444 g/mol. The SMILES string of the molecule is CCCCC1(CC)COC(C)(CCC(=O)OCC)OC1.CCOC(=O)CCC(C)(C)C. The van der Waals surface area contributed by atoms with Gasteiger partial charge >= 0.3 is 11.9 Å². The summed E-state index contributed by atoms with van der Waals surface area (Å²) in [5, 5.41) is 0. The van der Waals surface area contributed by atoms with Crippen molar-refractivity contribution in [2.24, 2.45) is 10.8 Å². The Morgan fingerprint density at radius 1 is 0.871 bits per heavy atom. The van der Waals surface area contributed by atoms with Crippen molar-refractivity contribution in [3.63, 3.8) is 0 Å². The lowest BCUT2D eigenvalue weighted by atomic mass is 9.81. The molecule has 1 heterocycles. The molecular formula is C25H48O6. The molecule has 6 heteroatoms. The number of carbonyl (C=O) groups excluding carboxylic acids is 2. The third-order valence-corrected chi connectivity index (χ3v) is 5.65. The average molecular weight is 445 g/mol. The molecule has 0 N–H and O–H groups in total. The number of esters is 2. The van der Waals surface area contributed by atoms with Crippen molar-refractivity contribution in [3.05, 3.63) is 0 Å². The summed E-state index contributed by atoms with van der Waals surface area (Å²) in [7, 11) is 0. The average Bonchev–Trinajstić information content (AvgIpc) is 2.71. The minimum Gasteiger partial charge on any atom is -0.466 e. The molecule has 0 saturated carbocycles. The molecule has 0 radical (unpaired) electrons. The Morgan fingerprint density at radius 2 is 1.39 bits per heavy atom. The fourth-order valence-corrected chi connectivity index (χ4v) is 3.19. The van der Waals surface area contributed by atoms with Crippen LogP contribution in [0.15, 0.2) is 0 Å². The predicted molar refractivity (Wildman–Crippen MR) is 124 cm³/mol. The summed E-state index contributed by atoms with van der Waals surface area (Å²) in [5.41, 5.74) is 0.381. The number of unbranched alkanes of at least 4 members (excludes halogenated alkanes) is 1. The first-order valence-electron chi connectivity index (χ1n) is 12.0. The molecule has 0 amide bonds. The summed E-state index contributed by atoms with van der Waals surface area (Å²) >= 11 is 0. The van der Waals surface area contributed by atoms with Gasteiger partial charge in [-0.05, 0) is 45.4 Å². The summed E-state index contributed by atoms with van der Waals surface area (Å²) in [5.74, 6) is -0.904. The second-order valence-corrected chi connectivity index (χ2v) is 9.84. The van der Waals surface area contributed by atoms with Crippen molar-refractivity contribution in [3.8, 4) is 0 Å². The highest BCUT2D eigenvalue weighted by molar-refractivity contribution is 5.69. The van der Waals surface area contributed by atoms with Crippen LogP contribution in [-0.2, 0) is 28.5 Å². The molecule has 1 rings (SSSR count). The van der Waals surface area contributed by atoms with E-state index in [1.807, 2.05) is 20.8 Å². The third-order valence-electron chi connectivity index (χ3n) is 5.65. The van der Waals surface area contributed by atoms with E-state index in [4.69, 9.17) is 18.9 Å². The van der Waals surface area contributed by atoms with Gasteiger partial charge in [-0.3, -0.25) is 9.59 Å². The summed E-state index contributed by atoms with van der Waals surface area (Å²) in [6.45, 7) is 18.7. The van der Waals surface area contributed by atoms with Gasteiger partial charge < -0.3 is 18.9 Å². The van der Waals surface area contributed by atoms with Crippen molar-refractivity contribution in [2.45, 2.75) is 113 Å². The predicted octanol–water partition coefficient (Wildman–Crippen LogP) is 6.06. The van der Waals surface area contributed by atoms with Crippen molar-refractivity contribution < 1.29 is 28.5 Å². The molecule has 31 heavy (non-hydrogen) atoms. The van der Waals surface area contributed by atoms with Crippen LogP contribution in [0.5, 0.6) is 0 Å². The maximum atomic E-state index is 11.4. The largest absolute Gasteiger partial charge is 0.466 e. The van der Waals surface area contributed by atoms with E-state index in [2.05, 4.69) is 34.6 Å². The van der Waals surface area contributed by atoms with Gasteiger partial charge in [0.2, 0.25) is 0 Å². The lowest BCUT2D eigenvalue weighted by Crippen LogP contribution is -2.48. The maximum absolute atomic E-state index is 11.4. The van der Waals surface area contributed by atoms with E-state index in [9.17, 15) is 9.59 Å². The molecule has 1 saturated heterocycles. The zero-order valence-corrected chi connectivity index (χ0v) is 21.4. The van der Waals surface area contributed by atoms with Gasteiger partial charge in [0.05, 0.1) is 32.8 Å². The third kappa shape index (κ3) is 13.8. The van der Waals surface area contributed by atoms with Crippen LogP contribution in [0.3, 0.4) is 0 Å². The zero-order chi connectivity index (χ0) is 24.0. The van der Waals surface area contributed by atoms with Crippen LogP contribution in [0.1, 0.15) is 107 Å². The highest BCUT2D eigenvalue weighted by atomic mass is 16.7. The fourth-order valence-electron chi connectivity index (χ4n) is 3.19. The summed E-state index contributed by atoms with van der Waals surface area (Å²) in [6, 6.07) is 0. The van der Waals surface area contributed by atoms with Crippen molar-refractivity contribution in [2.75, 3.05) is 26.4 Å². The first kappa shape index (κ1) is 29.9. The second kappa shape index (κ2) is 14.8. The van der Waals surface area contributed by atoms with E-state index < -0.39 is 5.79 Å². The Kier molecular flexibility index (Phi) is 14.3. The van der Waals surface area contributed by atoms with E-state index in [1.54, 1.807) is 0 Å². The molecule has 0 spiro atoms. The van der Waals surface area contributed by atoms with Crippen LogP contribution in [0.2, 0.25) is 0 Å². The van der Waals surface area contributed by atoms with Crippen molar-refractivity contribution in [1.82, 2.24) is 0 Å². The molecule has 184 valence electrons. The Bertz CT molecular complexity index is 501. The van der Waals surface area contributed by atoms with Gasteiger partial charge in [0, 0.05) is 18.3 Å². The molecule has 0 aliphatic carbocycles. The number of rotatable bonds is 11. The standard InChI is InChI=1S/C16H30O4.C9H18O2/c1-5-8-10-16(6-2)12-19-15(4,20-13-16)11-9-14(17)18-7-3;1-5-11-8(10)6-7-9(2,3)4/h5-13H2,1-4H3;5-7H2,1-4H3. The summed E-state index contributed by atoms with van der Waals surface area (Å²) in [4.78, 5) is 22.3. The van der Waals surface area contributed by atoms with Gasteiger partial charge in [0.1, 0.15) is 0 Å². The number of hydrogen-bond acceptors (Lipinski definition) is 6. The molecule has 0 aromatic rings. The molecule has 0 aromatic heterocycles. The smallest absolute Gasteiger partial charge is 0.305 e. The van der Waals surface area contributed by atoms with Gasteiger partial charge in [-0.1, -0.05) is 47.5 Å². The molecule has 1 fully saturated rings. The molecule has 0 bridgehead atoms. The van der Waals surface area contributed by atoms with Gasteiger partial charge in [-0.25, -0.2) is 0 Å². The molecule has 6 nitrogen and oxygen atoms in total. The molecule has 1 aliphatic heterocycles. The normalized spacial score (nSPS) is 23.5. The highest BCUT2D eigenvalue weighted by Gasteiger charge is 2.40. The number of ether oxygens (including phenoxy) is 4. The Labute approximate surface area is 190 Å². The summed E-state index contributed by atoms with van der Waals surface area (Å²) in [6.07, 6.45) is 6.96. The molecule has 0 aromatic carbocycles. The zero-order valence-electron chi connectivity index (χ0n) is 21.4. The van der Waals surface area contributed by atoms with Crippen LogP contribution in [0.25, 0.3) is 0 Å². The fraction of sp³-hybridized carbons (Fsp3) is 0.920. The van der Waals surface area contributed by atoms with Gasteiger partial charge in [0.25, 0.3) is 0 Å². The number of carbonyl (C=O) groups is 2.